The van der Waals surface area contributed by atoms with Gasteiger partial charge in [0.2, 0.25) is 0 Å². The van der Waals surface area contributed by atoms with Crippen molar-refractivity contribution in [2.75, 3.05) is 0 Å². The zero-order valence-corrected chi connectivity index (χ0v) is 23.5. The number of terminal acetylenes is 2. The van der Waals surface area contributed by atoms with Gasteiger partial charge in [-0.1, -0.05) is 66.5 Å². The van der Waals surface area contributed by atoms with E-state index in [2.05, 4.69) is 73.8 Å². The first-order valence-electron chi connectivity index (χ1n) is 13.2. The third-order valence-electron chi connectivity index (χ3n) is 9.10. The summed E-state index contributed by atoms with van der Waals surface area (Å²) in [5, 5.41) is 0. The van der Waals surface area contributed by atoms with Crippen molar-refractivity contribution >= 4 is 0 Å². The molecule has 0 saturated heterocycles. The average Bonchev–Trinajstić information content (AvgIpc) is 2.71. The minimum atomic E-state index is 0.0694. The Labute approximate surface area is 203 Å². The number of allylic oxidation sites excluding steroid dienone is 1. The summed E-state index contributed by atoms with van der Waals surface area (Å²) in [6, 6.07) is 0. The largest absolute Gasteiger partial charge is 0.124 e. The highest BCUT2D eigenvalue weighted by Crippen LogP contribution is 2.59. The Balaban J connectivity index is 0.00000104. The van der Waals surface area contributed by atoms with Gasteiger partial charge in [0.15, 0.2) is 0 Å². The highest BCUT2D eigenvalue weighted by molar-refractivity contribution is 5.07. The molecular formula is C32H56. The van der Waals surface area contributed by atoms with Crippen LogP contribution in [0.3, 0.4) is 0 Å². The molecule has 7 atom stereocenters. The van der Waals surface area contributed by atoms with Gasteiger partial charge in [-0.2, -0.15) is 0 Å². The van der Waals surface area contributed by atoms with Crippen LogP contribution < -0.4 is 0 Å². The molecule has 0 aromatic heterocycles. The van der Waals surface area contributed by atoms with Gasteiger partial charge in [0.05, 0.1) is 0 Å². The van der Waals surface area contributed by atoms with Crippen LogP contribution in [0.25, 0.3) is 0 Å². The molecule has 32 heavy (non-hydrogen) atoms. The van der Waals surface area contributed by atoms with Crippen molar-refractivity contribution in [1.29, 1.82) is 0 Å². The molecule has 2 saturated carbocycles. The molecule has 0 heteroatoms. The molecule has 0 bridgehead atoms. The van der Waals surface area contributed by atoms with Crippen molar-refractivity contribution in [2.24, 2.45) is 45.8 Å². The lowest BCUT2D eigenvalue weighted by Gasteiger charge is -2.57. The topological polar surface area (TPSA) is 0 Å². The summed E-state index contributed by atoms with van der Waals surface area (Å²) in [6.45, 7) is 27.7. The third-order valence-corrected chi connectivity index (χ3v) is 9.10. The predicted molar refractivity (Wildman–Crippen MR) is 146 cm³/mol. The first-order valence-corrected chi connectivity index (χ1v) is 13.2. The van der Waals surface area contributed by atoms with E-state index in [1.54, 1.807) is 0 Å². The lowest BCUT2D eigenvalue weighted by atomic mass is 9.48. The van der Waals surface area contributed by atoms with Crippen molar-refractivity contribution in [2.45, 2.75) is 121 Å². The number of hydrogen-bond donors (Lipinski definition) is 0. The third kappa shape index (κ3) is 8.33. The van der Waals surface area contributed by atoms with E-state index < -0.39 is 0 Å². The van der Waals surface area contributed by atoms with Crippen LogP contribution in [0.5, 0.6) is 0 Å². The van der Waals surface area contributed by atoms with Gasteiger partial charge in [-0.15, -0.1) is 25.2 Å². The minimum absolute atomic E-state index is 0.0694. The van der Waals surface area contributed by atoms with E-state index >= 15 is 0 Å². The first kappa shape index (κ1) is 30.9. The van der Waals surface area contributed by atoms with Crippen LogP contribution in [0.1, 0.15) is 121 Å². The van der Waals surface area contributed by atoms with Gasteiger partial charge in [-0.3, -0.25) is 0 Å². The van der Waals surface area contributed by atoms with E-state index in [1.165, 1.54) is 56.9 Å². The quantitative estimate of drug-likeness (QED) is 0.285. The molecule has 2 aliphatic rings. The maximum absolute atomic E-state index is 5.06. The molecule has 0 amide bonds. The second-order valence-corrected chi connectivity index (χ2v) is 12.8. The SMILES string of the molecule is C#C.C#CC(C)(C)C.C=C(C)C(C)(CCC)CCC1C(C)C(C)CC2CC(C)CCC21C. The molecular weight excluding hydrogens is 384 g/mol. The lowest BCUT2D eigenvalue weighted by Crippen LogP contribution is -2.49. The highest BCUT2D eigenvalue weighted by Gasteiger charge is 2.51. The molecule has 0 radical (unpaired) electrons. The van der Waals surface area contributed by atoms with Crippen LogP contribution in [0.4, 0.5) is 0 Å². The monoisotopic (exact) mass is 440 g/mol. The molecule has 0 spiro atoms. The second-order valence-electron chi connectivity index (χ2n) is 12.8. The fourth-order valence-electron chi connectivity index (χ4n) is 6.32. The smallest absolute Gasteiger partial charge is 0.0227 e. The number of fused-ring (bicyclic) bond motifs is 1. The van der Waals surface area contributed by atoms with E-state index in [0.29, 0.717) is 10.8 Å². The van der Waals surface area contributed by atoms with Gasteiger partial charge in [0.25, 0.3) is 0 Å². The Hall–Kier alpha value is -1.14. The van der Waals surface area contributed by atoms with Crippen molar-refractivity contribution in [3.63, 3.8) is 0 Å². The highest BCUT2D eigenvalue weighted by atomic mass is 14.6. The molecule has 2 aliphatic carbocycles. The molecule has 0 heterocycles. The van der Waals surface area contributed by atoms with Crippen LogP contribution in [0.2, 0.25) is 0 Å². The normalized spacial score (nSPS) is 33.7. The van der Waals surface area contributed by atoms with E-state index in [9.17, 15) is 0 Å². The fraction of sp³-hybridized carbons (Fsp3) is 0.812. The van der Waals surface area contributed by atoms with E-state index in [0.717, 1.165) is 29.6 Å². The van der Waals surface area contributed by atoms with Crippen LogP contribution in [-0.4, -0.2) is 0 Å². The Kier molecular flexibility index (Phi) is 12.5. The van der Waals surface area contributed by atoms with Gasteiger partial charge in [-0.25, -0.2) is 0 Å². The van der Waals surface area contributed by atoms with Gasteiger partial charge in [0, 0.05) is 5.41 Å². The fourth-order valence-corrected chi connectivity index (χ4v) is 6.32. The summed E-state index contributed by atoms with van der Waals surface area (Å²) in [5.41, 5.74) is 2.42. The maximum Gasteiger partial charge on any atom is 0.0227 e. The zero-order valence-electron chi connectivity index (χ0n) is 23.5. The van der Waals surface area contributed by atoms with Crippen LogP contribution >= 0.6 is 0 Å². The number of rotatable bonds is 6. The molecule has 184 valence electrons. The number of hydrogen-bond acceptors (Lipinski definition) is 0. The van der Waals surface area contributed by atoms with Gasteiger partial charge < -0.3 is 0 Å². The molecule has 0 nitrogen and oxygen atoms in total. The zero-order chi connectivity index (χ0) is 25.3. The molecule has 7 unspecified atom stereocenters. The minimum Gasteiger partial charge on any atom is -0.124 e. The summed E-state index contributed by atoms with van der Waals surface area (Å²) in [7, 11) is 0. The van der Waals surface area contributed by atoms with Crippen LogP contribution in [0.15, 0.2) is 12.2 Å². The Morgan fingerprint density at radius 1 is 1.06 bits per heavy atom. The molecule has 0 aromatic carbocycles. The van der Waals surface area contributed by atoms with E-state index in [-0.39, 0.29) is 5.41 Å². The van der Waals surface area contributed by atoms with Crippen LogP contribution in [-0.2, 0) is 0 Å². The average molecular weight is 441 g/mol. The molecule has 0 N–H and O–H groups in total. The molecule has 0 aromatic rings. The summed E-state index contributed by atoms with van der Waals surface area (Å²) in [4.78, 5) is 0. The van der Waals surface area contributed by atoms with Crippen molar-refractivity contribution in [3.8, 4) is 25.2 Å². The van der Waals surface area contributed by atoms with Crippen LogP contribution in [0, 0.1) is 71.0 Å². The summed E-state index contributed by atoms with van der Waals surface area (Å²) in [6.07, 6.45) is 24.3. The predicted octanol–water partition coefficient (Wildman–Crippen LogP) is 9.80. The Bertz CT molecular complexity index is 623. The van der Waals surface area contributed by atoms with Crippen molar-refractivity contribution in [1.82, 2.24) is 0 Å². The standard InChI is InChI=1S/C24H44.C6H10.C2H2/c1-9-12-23(7,17(2)3)13-11-22-20(6)19(5)16-21-15-18(4)10-14-24(21,22)8;1-5-6(2,3)4;1-2/h18-22H,2,9-16H2,1,3-8H3;1H,2-4H3;1-2H. The van der Waals surface area contributed by atoms with Crippen molar-refractivity contribution < 1.29 is 0 Å². The van der Waals surface area contributed by atoms with Gasteiger partial charge in [-0.05, 0) is 107 Å². The summed E-state index contributed by atoms with van der Waals surface area (Å²) >= 11 is 0. The second kappa shape index (κ2) is 12.9. The lowest BCUT2D eigenvalue weighted by molar-refractivity contribution is -0.0740. The molecule has 2 rings (SSSR count). The Morgan fingerprint density at radius 2 is 1.59 bits per heavy atom. The first-order chi connectivity index (χ1) is 14.7. The van der Waals surface area contributed by atoms with Crippen molar-refractivity contribution in [3.05, 3.63) is 12.2 Å². The van der Waals surface area contributed by atoms with Gasteiger partial charge >= 0.3 is 0 Å². The summed E-state index contributed by atoms with van der Waals surface area (Å²) < 4.78 is 0. The Morgan fingerprint density at radius 3 is 2.03 bits per heavy atom. The molecule has 0 aliphatic heterocycles. The maximum atomic E-state index is 5.06. The van der Waals surface area contributed by atoms with E-state index in [1.807, 2.05) is 20.8 Å². The van der Waals surface area contributed by atoms with Gasteiger partial charge in [0.1, 0.15) is 0 Å². The summed E-state index contributed by atoms with van der Waals surface area (Å²) in [5.74, 6) is 7.22. The molecule has 2 fully saturated rings. The van der Waals surface area contributed by atoms with E-state index in [4.69, 9.17) is 6.42 Å².